The quantitative estimate of drug-likeness (QED) is 0.434. The van der Waals surface area contributed by atoms with E-state index in [0.29, 0.717) is 22.5 Å². The van der Waals surface area contributed by atoms with Gasteiger partial charge < -0.3 is 4.74 Å². The number of benzene rings is 1. The van der Waals surface area contributed by atoms with Crippen molar-refractivity contribution in [3.63, 3.8) is 0 Å². The number of nitriles is 1. The van der Waals surface area contributed by atoms with Gasteiger partial charge in [0, 0.05) is 17.1 Å². The largest absolute Gasteiger partial charge is 0.450 e. The molecule has 2 aromatic rings. The maximum Gasteiger partial charge on any atom is 0.317 e. The molecule has 0 aliphatic carbocycles. The Morgan fingerprint density at radius 2 is 2.17 bits per heavy atom. The lowest BCUT2D eigenvalue weighted by atomic mass is 10.2. The van der Waals surface area contributed by atoms with Gasteiger partial charge in [-0.3, -0.25) is 9.36 Å². The second-order valence-corrected chi connectivity index (χ2v) is 5.70. The summed E-state index contributed by atoms with van der Waals surface area (Å²) in [5.74, 6) is 0.240. The fourth-order valence-corrected chi connectivity index (χ4v) is 2.65. The van der Waals surface area contributed by atoms with Crippen LogP contribution in [0.15, 0.2) is 42.1 Å². The molecule has 2 rings (SSSR count). The smallest absolute Gasteiger partial charge is 0.317 e. The fourth-order valence-electron chi connectivity index (χ4n) is 1.78. The molecule has 0 N–H and O–H groups in total. The van der Waals surface area contributed by atoms with E-state index in [9.17, 15) is 4.79 Å². The van der Waals surface area contributed by atoms with Gasteiger partial charge in [-0.2, -0.15) is 5.26 Å². The van der Waals surface area contributed by atoms with Crippen LogP contribution in [0.3, 0.4) is 0 Å². The zero-order valence-corrected chi connectivity index (χ0v) is 13.7. The minimum absolute atomic E-state index is 0.0531. The van der Waals surface area contributed by atoms with Crippen LogP contribution in [-0.2, 0) is 16.1 Å². The van der Waals surface area contributed by atoms with Crippen LogP contribution in [0, 0.1) is 11.3 Å². The average molecular weight is 349 g/mol. The van der Waals surface area contributed by atoms with Crippen LogP contribution in [0.1, 0.15) is 0 Å². The number of halogens is 1. The maximum atomic E-state index is 11.5. The Labute approximate surface area is 142 Å². The Hall–Kier alpha value is -2.30. The summed E-state index contributed by atoms with van der Waals surface area (Å²) in [5, 5.41) is 17.9. The number of ether oxygens (including phenoxy) is 1. The molecule has 0 radical (unpaired) electrons. The highest BCUT2D eigenvalue weighted by Crippen LogP contribution is 2.25. The number of allylic oxidation sites excluding steroid dienone is 1. The number of hydrogen-bond donors (Lipinski definition) is 0. The lowest BCUT2D eigenvalue weighted by Gasteiger charge is -2.07. The number of rotatable bonds is 7. The first kappa shape index (κ1) is 17.1. The molecule has 1 aromatic heterocycles. The number of aromatic nitrogens is 3. The first-order chi connectivity index (χ1) is 11.2. The molecule has 118 valence electrons. The molecule has 1 heterocycles. The topological polar surface area (TPSA) is 80.8 Å². The van der Waals surface area contributed by atoms with Crippen molar-refractivity contribution in [1.82, 2.24) is 14.8 Å². The Kier molecular flexibility index (Phi) is 6.20. The molecule has 0 aliphatic rings. The molecule has 0 amide bonds. The summed E-state index contributed by atoms with van der Waals surface area (Å²) < 4.78 is 6.55. The zero-order valence-electron chi connectivity index (χ0n) is 12.1. The van der Waals surface area contributed by atoms with Crippen molar-refractivity contribution in [3.8, 4) is 17.5 Å². The van der Waals surface area contributed by atoms with Crippen molar-refractivity contribution in [2.75, 3.05) is 12.4 Å². The predicted molar refractivity (Wildman–Crippen MR) is 88.0 cm³/mol. The Morgan fingerprint density at radius 3 is 2.83 bits per heavy atom. The number of thioether (sulfide) groups is 1. The molecule has 1 aromatic carbocycles. The number of esters is 1. The fraction of sp³-hybridized carbons (Fsp3) is 0.200. The van der Waals surface area contributed by atoms with Crippen molar-refractivity contribution in [3.05, 3.63) is 41.9 Å². The van der Waals surface area contributed by atoms with E-state index in [2.05, 4.69) is 16.8 Å². The van der Waals surface area contributed by atoms with Crippen molar-refractivity contribution in [2.45, 2.75) is 11.7 Å². The van der Waals surface area contributed by atoms with E-state index < -0.39 is 5.97 Å². The Bertz CT molecular complexity index is 737. The van der Waals surface area contributed by atoms with E-state index in [0.717, 1.165) is 5.56 Å². The molecule has 23 heavy (non-hydrogen) atoms. The van der Waals surface area contributed by atoms with Gasteiger partial charge in [0.1, 0.15) is 6.07 Å². The van der Waals surface area contributed by atoms with Crippen LogP contribution in [0.25, 0.3) is 11.4 Å². The molecule has 6 nitrogen and oxygen atoms in total. The van der Waals surface area contributed by atoms with Crippen molar-refractivity contribution in [1.29, 1.82) is 5.26 Å². The molecule has 0 aliphatic heterocycles. The number of carbonyl (C=O) groups excluding carboxylic acids is 1. The van der Waals surface area contributed by atoms with Gasteiger partial charge in [0.05, 0.1) is 5.75 Å². The molecule has 0 saturated carbocycles. The molecule has 0 unspecified atom stereocenters. The first-order valence-corrected chi connectivity index (χ1v) is 7.97. The number of nitrogens with zero attached hydrogens (tertiary/aromatic N) is 4. The number of hydrogen-bond acceptors (Lipinski definition) is 6. The average Bonchev–Trinajstić information content (AvgIpc) is 2.95. The highest BCUT2D eigenvalue weighted by Gasteiger charge is 2.15. The maximum absolute atomic E-state index is 11.5. The van der Waals surface area contributed by atoms with E-state index >= 15 is 0 Å². The standard InChI is InChI=1S/C15H13ClN4O2S/c1-2-8-20-14(11-3-5-12(16)6-4-11)18-19-15(20)23-10-13(21)22-9-7-17/h2-6H,1,8-10H2. The van der Waals surface area contributed by atoms with Crippen molar-refractivity contribution >= 4 is 29.3 Å². The second kappa shape index (κ2) is 8.36. The van der Waals surface area contributed by atoms with E-state index in [-0.39, 0.29) is 12.4 Å². The Balaban J connectivity index is 2.18. The summed E-state index contributed by atoms with van der Waals surface area (Å²) in [6.45, 7) is 3.97. The van der Waals surface area contributed by atoms with Gasteiger partial charge in [0.15, 0.2) is 17.6 Å². The molecular formula is C15H13ClN4O2S. The highest BCUT2D eigenvalue weighted by atomic mass is 35.5. The summed E-state index contributed by atoms with van der Waals surface area (Å²) in [5.41, 5.74) is 0.864. The Morgan fingerprint density at radius 1 is 1.43 bits per heavy atom. The predicted octanol–water partition coefficient (Wildman–Crippen LogP) is 2.94. The van der Waals surface area contributed by atoms with Gasteiger partial charge in [-0.1, -0.05) is 29.4 Å². The van der Waals surface area contributed by atoms with Crippen molar-refractivity contribution in [2.24, 2.45) is 0 Å². The summed E-state index contributed by atoms with van der Waals surface area (Å²) in [7, 11) is 0. The van der Waals surface area contributed by atoms with Gasteiger partial charge in [-0.05, 0) is 24.3 Å². The van der Waals surface area contributed by atoms with E-state index in [1.807, 2.05) is 16.7 Å². The van der Waals surface area contributed by atoms with Crippen LogP contribution in [-0.4, -0.2) is 33.1 Å². The van der Waals surface area contributed by atoms with Crippen LogP contribution in [0.2, 0.25) is 5.02 Å². The monoisotopic (exact) mass is 348 g/mol. The van der Waals surface area contributed by atoms with Crippen LogP contribution in [0.4, 0.5) is 0 Å². The van der Waals surface area contributed by atoms with Crippen LogP contribution in [0.5, 0.6) is 0 Å². The first-order valence-electron chi connectivity index (χ1n) is 6.61. The molecule has 8 heteroatoms. The summed E-state index contributed by atoms with van der Waals surface area (Å²) in [6, 6.07) is 8.99. The normalized spacial score (nSPS) is 10.1. The van der Waals surface area contributed by atoms with Gasteiger partial charge in [0.2, 0.25) is 0 Å². The summed E-state index contributed by atoms with van der Waals surface area (Å²) in [4.78, 5) is 11.5. The highest BCUT2D eigenvalue weighted by molar-refractivity contribution is 7.99. The molecule has 0 atom stereocenters. The third kappa shape index (κ3) is 4.58. The minimum Gasteiger partial charge on any atom is -0.450 e. The van der Waals surface area contributed by atoms with E-state index in [1.165, 1.54) is 11.8 Å². The van der Waals surface area contributed by atoms with Gasteiger partial charge >= 0.3 is 5.97 Å². The third-order valence-corrected chi connectivity index (χ3v) is 3.94. The minimum atomic E-state index is -0.474. The second-order valence-electron chi connectivity index (χ2n) is 4.32. The lowest BCUT2D eigenvalue weighted by Crippen LogP contribution is -2.08. The third-order valence-electron chi connectivity index (χ3n) is 2.75. The molecule has 0 fully saturated rings. The van der Waals surface area contributed by atoms with E-state index in [1.54, 1.807) is 24.3 Å². The lowest BCUT2D eigenvalue weighted by molar-refractivity contribution is -0.139. The SMILES string of the molecule is C=CCn1c(SCC(=O)OCC#N)nnc1-c1ccc(Cl)cc1. The number of carbonyl (C=O) groups is 1. The summed E-state index contributed by atoms with van der Waals surface area (Å²) >= 11 is 7.09. The van der Waals surface area contributed by atoms with Gasteiger partial charge in [-0.25, -0.2) is 0 Å². The van der Waals surface area contributed by atoms with Crippen molar-refractivity contribution < 1.29 is 9.53 Å². The van der Waals surface area contributed by atoms with Crippen LogP contribution >= 0.6 is 23.4 Å². The molecule has 0 spiro atoms. The molecular weight excluding hydrogens is 336 g/mol. The summed E-state index contributed by atoms with van der Waals surface area (Å²) in [6.07, 6.45) is 1.72. The van der Waals surface area contributed by atoms with Crippen LogP contribution < -0.4 is 0 Å². The molecule has 0 bridgehead atoms. The van der Waals surface area contributed by atoms with E-state index in [4.69, 9.17) is 21.6 Å². The van der Waals surface area contributed by atoms with Gasteiger partial charge in [0.25, 0.3) is 0 Å². The zero-order chi connectivity index (χ0) is 16.7. The molecule has 0 saturated heterocycles. The van der Waals surface area contributed by atoms with Gasteiger partial charge in [-0.15, -0.1) is 16.8 Å².